The summed E-state index contributed by atoms with van der Waals surface area (Å²) in [6.07, 6.45) is 6.62. The molecule has 1 aliphatic carbocycles. The van der Waals surface area contributed by atoms with Crippen molar-refractivity contribution < 1.29 is 0 Å². The summed E-state index contributed by atoms with van der Waals surface area (Å²) in [7, 11) is 2.33. The van der Waals surface area contributed by atoms with Crippen LogP contribution in [0.25, 0.3) is 0 Å². The molecule has 0 spiro atoms. The molecule has 1 saturated carbocycles. The number of unbranched alkanes of at least 4 members (excludes halogenated alkanes) is 1. The zero-order chi connectivity index (χ0) is 13.5. The maximum Gasteiger partial charge on any atom is 0.0272 e. The van der Waals surface area contributed by atoms with Crippen LogP contribution < -0.4 is 5.32 Å². The molecule has 0 aromatic carbocycles. The predicted octanol–water partition coefficient (Wildman–Crippen LogP) is 3.52. The van der Waals surface area contributed by atoms with Crippen LogP contribution in [-0.2, 0) is 0 Å². The lowest BCUT2D eigenvalue weighted by Crippen LogP contribution is -2.55. The van der Waals surface area contributed by atoms with Crippen LogP contribution in [-0.4, -0.2) is 37.1 Å². The molecule has 1 fully saturated rings. The first kappa shape index (κ1) is 16.0. The van der Waals surface area contributed by atoms with E-state index >= 15 is 0 Å². The summed E-state index contributed by atoms with van der Waals surface area (Å²) in [5.41, 5.74) is 0. The zero-order valence-electron chi connectivity index (χ0n) is 13.2. The molecule has 0 aliphatic heterocycles. The molecule has 4 atom stereocenters. The first-order valence-corrected chi connectivity index (χ1v) is 8.03. The molecule has 0 radical (unpaired) electrons. The molecule has 2 nitrogen and oxygen atoms in total. The minimum atomic E-state index is 0.700. The van der Waals surface area contributed by atoms with E-state index in [1.807, 2.05) is 0 Å². The second kappa shape index (κ2) is 8.16. The van der Waals surface area contributed by atoms with Crippen LogP contribution in [0, 0.1) is 11.8 Å². The fraction of sp³-hybridized carbons (Fsp3) is 1.00. The van der Waals surface area contributed by atoms with Gasteiger partial charge < -0.3 is 10.2 Å². The molecule has 0 heterocycles. The van der Waals surface area contributed by atoms with Crippen LogP contribution in [0.1, 0.15) is 59.8 Å². The quantitative estimate of drug-likeness (QED) is 0.748. The molecule has 1 rings (SSSR count). The zero-order valence-corrected chi connectivity index (χ0v) is 13.2. The molecule has 2 heteroatoms. The topological polar surface area (TPSA) is 15.3 Å². The van der Waals surface area contributed by atoms with Crippen molar-refractivity contribution in [2.75, 3.05) is 20.1 Å². The number of nitrogens with one attached hydrogen (secondary N) is 1. The van der Waals surface area contributed by atoms with Gasteiger partial charge in [-0.1, -0.05) is 34.1 Å². The van der Waals surface area contributed by atoms with E-state index in [-0.39, 0.29) is 0 Å². The van der Waals surface area contributed by atoms with Crippen LogP contribution in [0.5, 0.6) is 0 Å². The number of rotatable bonds is 7. The van der Waals surface area contributed by atoms with E-state index in [4.69, 9.17) is 0 Å². The van der Waals surface area contributed by atoms with Crippen molar-refractivity contribution in [3.63, 3.8) is 0 Å². The number of hydrogen-bond acceptors (Lipinski definition) is 2. The third-order valence-electron chi connectivity index (χ3n) is 4.46. The molecular weight excluding hydrogens is 220 g/mol. The Bertz CT molecular complexity index is 217. The van der Waals surface area contributed by atoms with Gasteiger partial charge in [-0.05, 0) is 57.7 Å². The normalized spacial score (nSPS) is 33.0. The van der Waals surface area contributed by atoms with Gasteiger partial charge in [-0.3, -0.25) is 0 Å². The summed E-state index contributed by atoms with van der Waals surface area (Å²) >= 11 is 0. The third kappa shape index (κ3) is 4.55. The Morgan fingerprint density at radius 1 is 1.11 bits per heavy atom. The maximum atomic E-state index is 3.80. The lowest BCUT2D eigenvalue weighted by Gasteiger charge is -2.45. The van der Waals surface area contributed by atoms with E-state index in [0.29, 0.717) is 6.04 Å². The van der Waals surface area contributed by atoms with E-state index < -0.39 is 0 Å². The van der Waals surface area contributed by atoms with E-state index in [2.05, 4.69) is 45.0 Å². The Hall–Kier alpha value is -0.0800. The van der Waals surface area contributed by atoms with Crippen LogP contribution in [0.3, 0.4) is 0 Å². The molecule has 0 bridgehead atoms. The fourth-order valence-corrected chi connectivity index (χ4v) is 3.67. The minimum Gasteiger partial charge on any atom is -0.312 e. The van der Waals surface area contributed by atoms with Crippen molar-refractivity contribution in [2.45, 2.75) is 71.9 Å². The van der Waals surface area contributed by atoms with E-state index in [9.17, 15) is 0 Å². The fourth-order valence-electron chi connectivity index (χ4n) is 3.67. The van der Waals surface area contributed by atoms with Crippen LogP contribution in [0.2, 0.25) is 0 Å². The van der Waals surface area contributed by atoms with Gasteiger partial charge in [0.25, 0.3) is 0 Å². The van der Waals surface area contributed by atoms with Gasteiger partial charge >= 0.3 is 0 Å². The Morgan fingerprint density at radius 3 is 2.44 bits per heavy atom. The lowest BCUT2D eigenvalue weighted by molar-refractivity contribution is 0.0794. The Balaban J connectivity index is 2.61. The molecule has 0 amide bonds. The van der Waals surface area contributed by atoms with Crippen LogP contribution in [0.15, 0.2) is 0 Å². The van der Waals surface area contributed by atoms with Gasteiger partial charge in [0.15, 0.2) is 0 Å². The number of likely N-dealkylation sites (N-methyl/N-ethyl adjacent to an activating group) is 1. The second-order valence-electron chi connectivity index (χ2n) is 6.44. The Kier molecular flexibility index (Phi) is 7.25. The maximum absolute atomic E-state index is 3.80. The van der Waals surface area contributed by atoms with Gasteiger partial charge in [0.05, 0.1) is 0 Å². The van der Waals surface area contributed by atoms with E-state index in [0.717, 1.165) is 17.9 Å². The number of nitrogens with zero attached hydrogens (tertiary/aromatic N) is 1. The summed E-state index contributed by atoms with van der Waals surface area (Å²) in [5, 5.41) is 3.80. The Morgan fingerprint density at radius 2 is 1.83 bits per heavy atom. The summed E-state index contributed by atoms with van der Waals surface area (Å²) in [5.74, 6) is 1.70. The standard InChI is InChI=1S/C16H34N2/c1-6-8-10-18(5)16-14(4)11-13(3)12-15(16)17-9-7-2/h13-17H,6-12H2,1-5H3. The lowest BCUT2D eigenvalue weighted by atomic mass is 9.76. The predicted molar refractivity (Wildman–Crippen MR) is 81.0 cm³/mol. The molecular formula is C16H34N2. The van der Waals surface area contributed by atoms with Crippen LogP contribution >= 0.6 is 0 Å². The van der Waals surface area contributed by atoms with Crippen molar-refractivity contribution >= 4 is 0 Å². The van der Waals surface area contributed by atoms with Gasteiger partial charge in [0, 0.05) is 12.1 Å². The first-order chi connectivity index (χ1) is 8.60. The Labute approximate surface area is 115 Å². The van der Waals surface area contributed by atoms with Gasteiger partial charge in [-0.25, -0.2) is 0 Å². The molecule has 0 aromatic heterocycles. The minimum absolute atomic E-state index is 0.700. The largest absolute Gasteiger partial charge is 0.312 e. The van der Waals surface area contributed by atoms with Gasteiger partial charge in [0.2, 0.25) is 0 Å². The average molecular weight is 254 g/mol. The molecule has 4 unspecified atom stereocenters. The molecule has 18 heavy (non-hydrogen) atoms. The summed E-state index contributed by atoms with van der Waals surface area (Å²) in [6, 6.07) is 1.44. The van der Waals surface area contributed by atoms with E-state index in [1.165, 1.54) is 45.2 Å². The van der Waals surface area contributed by atoms with E-state index in [1.54, 1.807) is 0 Å². The highest BCUT2D eigenvalue weighted by molar-refractivity contribution is 4.93. The van der Waals surface area contributed by atoms with Crippen molar-refractivity contribution in [1.82, 2.24) is 10.2 Å². The highest BCUT2D eigenvalue weighted by atomic mass is 15.2. The molecule has 0 aromatic rings. The third-order valence-corrected chi connectivity index (χ3v) is 4.46. The SMILES string of the molecule is CCCCN(C)C1C(C)CC(C)CC1NCCC. The van der Waals surface area contributed by atoms with Crippen molar-refractivity contribution in [2.24, 2.45) is 11.8 Å². The number of hydrogen-bond donors (Lipinski definition) is 1. The summed E-state index contributed by atoms with van der Waals surface area (Å²) in [6.45, 7) is 11.8. The van der Waals surface area contributed by atoms with Gasteiger partial charge in [0.1, 0.15) is 0 Å². The van der Waals surface area contributed by atoms with Crippen LogP contribution in [0.4, 0.5) is 0 Å². The van der Waals surface area contributed by atoms with Crippen molar-refractivity contribution in [3.05, 3.63) is 0 Å². The average Bonchev–Trinajstić information content (AvgIpc) is 2.32. The molecule has 0 saturated heterocycles. The van der Waals surface area contributed by atoms with Crippen molar-refractivity contribution in [1.29, 1.82) is 0 Å². The first-order valence-electron chi connectivity index (χ1n) is 8.03. The summed E-state index contributed by atoms with van der Waals surface area (Å²) < 4.78 is 0. The molecule has 1 aliphatic rings. The molecule has 1 N–H and O–H groups in total. The smallest absolute Gasteiger partial charge is 0.0272 e. The summed E-state index contributed by atoms with van der Waals surface area (Å²) in [4.78, 5) is 2.62. The highest BCUT2D eigenvalue weighted by Gasteiger charge is 2.35. The van der Waals surface area contributed by atoms with Gasteiger partial charge in [-0.15, -0.1) is 0 Å². The molecule has 108 valence electrons. The highest BCUT2D eigenvalue weighted by Crippen LogP contribution is 2.32. The monoisotopic (exact) mass is 254 g/mol. The van der Waals surface area contributed by atoms with Gasteiger partial charge in [-0.2, -0.15) is 0 Å². The second-order valence-corrected chi connectivity index (χ2v) is 6.44. The van der Waals surface area contributed by atoms with Crippen molar-refractivity contribution in [3.8, 4) is 0 Å².